The highest BCUT2D eigenvalue weighted by Gasteiger charge is 2.07. The molecule has 0 spiro atoms. The van der Waals surface area contributed by atoms with Crippen LogP contribution in [-0.2, 0) is 9.53 Å². The molecular weight excluding hydrogens is 130 g/mol. The van der Waals surface area contributed by atoms with E-state index in [4.69, 9.17) is 4.74 Å². The Morgan fingerprint density at radius 3 is 3.10 bits per heavy atom. The molecular formula is C7H9NO2. The first-order chi connectivity index (χ1) is 4.84. The van der Waals surface area contributed by atoms with E-state index < -0.39 is 0 Å². The molecule has 3 heteroatoms. The third kappa shape index (κ3) is 1.37. The molecule has 0 unspecified atom stereocenters. The van der Waals surface area contributed by atoms with Crippen molar-refractivity contribution in [3.63, 3.8) is 0 Å². The van der Waals surface area contributed by atoms with Crippen molar-refractivity contribution in [2.75, 3.05) is 7.05 Å². The van der Waals surface area contributed by atoms with E-state index in [1.165, 1.54) is 6.26 Å². The third-order valence-electron chi connectivity index (χ3n) is 1.18. The molecule has 0 fully saturated rings. The second-order valence-electron chi connectivity index (χ2n) is 1.87. The number of allylic oxidation sites excluding steroid dienone is 2. The van der Waals surface area contributed by atoms with Gasteiger partial charge < -0.3 is 10.1 Å². The summed E-state index contributed by atoms with van der Waals surface area (Å²) in [6, 6.07) is 0. The fourth-order valence-electron chi connectivity index (χ4n) is 0.670. The van der Waals surface area contributed by atoms with Gasteiger partial charge in [-0.3, -0.25) is 4.79 Å². The van der Waals surface area contributed by atoms with Gasteiger partial charge in [-0.15, -0.1) is 0 Å². The summed E-state index contributed by atoms with van der Waals surface area (Å²) in [7, 11) is 1.57. The van der Waals surface area contributed by atoms with Gasteiger partial charge >= 0.3 is 0 Å². The Bertz CT molecular complexity index is 194. The molecule has 1 N–H and O–H groups in total. The van der Waals surface area contributed by atoms with Crippen molar-refractivity contribution < 1.29 is 9.53 Å². The molecule has 0 aromatic rings. The van der Waals surface area contributed by atoms with Crippen LogP contribution in [0.3, 0.4) is 0 Å². The number of hydrogen-bond acceptors (Lipinski definition) is 2. The summed E-state index contributed by atoms with van der Waals surface area (Å²) in [5.74, 6) is 0.203. The Labute approximate surface area is 59.4 Å². The van der Waals surface area contributed by atoms with Gasteiger partial charge in [0, 0.05) is 7.05 Å². The summed E-state index contributed by atoms with van der Waals surface area (Å²) < 4.78 is 4.90. The summed E-state index contributed by atoms with van der Waals surface area (Å²) in [5.41, 5.74) is 0. The maximum absolute atomic E-state index is 10.8. The molecule has 0 saturated heterocycles. The van der Waals surface area contributed by atoms with Crippen LogP contribution in [0.25, 0.3) is 0 Å². The average Bonchev–Trinajstić information content (AvgIpc) is 2.05. The number of amides is 1. The highest BCUT2D eigenvalue weighted by atomic mass is 16.5. The number of hydrogen-bond donors (Lipinski definition) is 1. The maximum atomic E-state index is 10.8. The minimum absolute atomic E-state index is 0.177. The van der Waals surface area contributed by atoms with E-state index in [1.54, 1.807) is 13.1 Å². The Morgan fingerprint density at radius 1 is 1.80 bits per heavy atom. The van der Waals surface area contributed by atoms with Gasteiger partial charge in [-0.2, -0.15) is 0 Å². The normalized spacial score (nSPS) is 15.5. The SMILES string of the molecule is CNC(=O)C1=CCC=CO1. The van der Waals surface area contributed by atoms with Gasteiger partial charge in [0.05, 0.1) is 6.26 Å². The van der Waals surface area contributed by atoms with Gasteiger partial charge in [0.2, 0.25) is 0 Å². The van der Waals surface area contributed by atoms with E-state index in [9.17, 15) is 4.79 Å². The zero-order chi connectivity index (χ0) is 7.40. The summed E-state index contributed by atoms with van der Waals surface area (Å²) >= 11 is 0. The highest BCUT2D eigenvalue weighted by Crippen LogP contribution is 2.06. The molecule has 1 heterocycles. The highest BCUT2D eigenvalue weighted by molar-refractivity contribution is 5.91. The molecule has 1 rings (SSSR count). The van der Waals surface area contributed by atoms with Crippen LogP contribution in [0.15, 0.2) is 24.2 Å². The molecule has 10 heavy (non-hydrogen) atoms. The smallest absolute Gasteiger partial charge is 0.286 e. The van der Waals surface area contributed by atoms with Crippen LogP contribution >= 0.6 is 0 Å². The number of nitrogens with one attached hydrogen (secondary N) is 1. The van der Waals surface area contributed by atoms with E-state index in [-0.39, 0.29) is 5.91 Å². The summed E-state index contributed by atoms with van der Waals surface area (Å²) in [4.78, 5) is 10.8. The van der Waals surface area contributed by atoms with Crippen LogP contribution < -0.4 is 5.32 Å². The Kier molecular flexibility index (Phi) is 2.10. The number of likely N-dealkylation sites (N-methyl/N-ethyl adjacent to an activating group) is 1. The second kappa shape index (κ2) is 3.06. The molecule has 0 bridgehead atoms. The van der Waals surface area contributed by atoms with Crippen LogP contribution in [0, 0.1) is 0 Å². The third-order valence-corrected chi connectivity index (χ3v) is 1.18. The lowest BCUT2D eigenvalue weighted by molar-refractivity contribution is -0.119. The largest absolute Gasteiger partial charge is 0.460 e. The number of carbonyl (C=O) groups is 1. The van der Waals surface area contributed by atoms with Crippen molar-refractivity contribution >= 4 is 5.91 Å². The number of rotatable bonds is 1. The minimum Gasteiger partial charge on any atom is -0.460 e. The molecule has 0 saturated carbocycles. The molecule has 3 nitrogen and oxygen atoms in total. The predicted octanol–water partition coefficient (Wildman–Crippen LogP) is 0.550. The lowest BCUT2D eigenvalue weighted by Gasteiger charge is -2.06. The minimum atomic E-state index is -0.177. The van der Waals surface area contributed by atoms with Gasteiger partial charge in [-0.25, -0.2) is 0 Å². The molecule has 54 valence electrons. The van der Waals surface area contributed by atoms with E-state index >= 15 is 0 Å². The predicted molar refractivity (Wildman–Crippen MR) is 37.0 cm³/mol. The second-order valence-corrected chi connectivity index (χ2v) is 1.87. The standard InChI is InChI=1S/C7H9NO2/c1-8-7(9)6-4-2-3-5-10-6/h3-5H,2H2,1H3,(H,8,9). The molecule has 0 aromatic carbocycles. The van der Waals surface area contributed by atoms with Gasteiger partial charge in [-0.05, 0) is 18.6 Å². The molecule has 1 amide bonds. The first kappa shape index (κ1) is 6.86. The van der Waals surface area contributed by atoms with E-state index in [0.29, 0.717) is 5.76 Å². The van der Waals surface area contributed by atoms with Crippen molar-refractivity contribution in [2.24, 2.45) is 0 Å². The topological polar surface area (TPSA) is 38.3 Å². The van der Waals surface area contributed by atoms with Gasteiger partial charge in [0.25, 0.3) is 5.91 Å². The monoisotopic (exact) mass is 139 g/mol. The first-order valence-corrected chi connectivity index (χ1v) is 3.08. The number of carbonyl (C=O) groups excluding carboxylic acids is 1. The average molecular weight is 139 g/mol. The van der Waals surface area contributed by atoms with Gasteiger partial charge in [0.15, 0.2) is 5.76 Å². The first-order valence-electron chi connectivity index (χ1n) is 3.08. The van der Waals surface area contributed by atoms with Crippen molar-refractivity contribution in [3.8, 4) is 0 Å². The van der Waals surface area contributed by atoms with Crippen molar-refractivity contribution in [1.82, 2.24) is 5.32 Å². The van der Waals surface area contributed by atoms with Crippen LogP contribution in [0.4, 0.5) is 0 Å². The molecule has 0 radical (unpaired) electrons. The summed E-state index contributed by atoms with van der Waals surface area (Å²) in [6.45, 7) is 0. The Morgan fingerprint density at radius 2 is 2.60 bits per heavy atom. The molecule has 0 aliphatic carbocycles. The molecule has 0 atom stereocenters. The van der Waals surface area contributed by atoms with E-state index in [1.807, 2.05) is 6.08 Å². The molecule has 1 aliphatic rings. The number of ether oxygens (including phenoxy) is 1. The van der Waals surface area contributed by atoms with Gasteiger partial charge in [0.1, 0.15) is 0 Å². The summed E-state index contributed by atoms with van der Waals surface area (Å²) in [5, 5.41) is 2.47. The van der Waals surface area contributed by atoms with Crippen molar-refractivity contribution in [1.29, 1.82) is 0 Å². The van der Waals surface area contributed by atoms with Crippen LogP contribution in [0.1, 0.15) is 6.42 Å². The zero-order valence-corrected chi connectivity index (χ0v) is 5.76. The quantitative estimate of drug-likeness (QED) is 0.576. The van der Waals surface area contributed by atoms with Crippen molar-refractivity contribution in [3.05, 3.63) is 24.2 Å². The van der Waals surface area contributed by atoms with Crippen LogP contribution in [0.5, 0.6) is 0 Å². The molecule has 1 aliphatic heterocycles. The Hall–Kier alpha value is -1.25. The maximum Gasteiger partial charge on any atom is 0.286 e. The lowest BCUT2D eigenvalue weighted by atomic mass is 10.3. The van der Waals surface area contributed by atoms with Gasteiger partial charge in [-0.1, -0.05) is 0 Å². The lowest BCUT2D eigenvalue weighted by Crippen LogP contribution is -2.21. The summed E-state index contributed by atoms with van der Waals surface area (Å²) in [6.07, 6.45) is 5.86. The van der Waals surface area contributed by atoms with E-state index in [0.717, 1.165) is 6.42 Å². The van der Waals surface area contributed by atoms with Crippen LogP contribution in [-0.4, -0.2) is 13.0 Å². The molecule has 0 aromatic heterocycles. The van der Waals surface area contributed by atoms with Crippen LogP contribution in [0.2, 0.25) is 0 Å². The van der Waals surface area contributed by atoms with E-state index in [2.05, 4.69) is 5.32 Å². The fourth-order valence-corrected chi connectivity index (χ4v) is 0.670. The van der Waals surface area contributed by atoms with Crippen molar-refractivity contribution in [2.45, 2.75) is 6.42 Å². The Balaban J connectivity index is 2.56. The fraction of sp³-hybridized carbons (Fsp3) is 0.286. The zero-order valence-electron chi connectivity index (χ0n) is 5.76.